The number of amides is 1. The van der Waals surface area contributed by atoms with Crippen LogP contribution in [0.1, 0.15) is 6.42 Å². The predicted octanol–water partition coefficient (Wildman–Crippen LogP) is 0.231. The molecule has 1 saturated heterocycles. The molecule has 0 saturated carbocycles. The summed E-state index contributed by atoms with van der Waals surface area (Å²) in [6, 6.07) is -0.834. The molecule has 1 fully saturated rings. The SMILES string of the molecule is O=C(CBr)CN(C(=O)C(F)F)C1CCS(=O)(=O)C1. The Bertz CT molecular complexity index is 440. The molecule has 1 aliphatic heterocycles. The molecule has 0 spiro atoms. The van der Waals surface area contributed by atoms with Gasteiger partial charge in [0.1, 0.15) is 0 Å². The van der Waals surface area contributed by atoms with Gasteiger partial charge in [-0.25, -0.2) is 8.42 Å². The Morgan fingerprint density at radius 2 is 2.00 bits per heavy atom. The molecule has 18 heavy (non-hydrogen) atoms. The van der Waals surface area contributed by atoms with E-state index in [0.29, 0.717) is 4.90 Å². The van der Waals surface area contributed by atoms with E-state index in [9.17, 15) is 26.8 Å². The minimum absolute atomic E-state index is 0.0700. The molecule has 9 heteroatoms. The summed E-state index contributed by atoms with van der Waals surface area (Å²) in [5.74, 6) is -2.45. The van der Waals surface area contributed by atoms with Gasteiger partial charge in [0.15, 0.2) is 15.6 Å². The summed E-state index contributed by atoms with van der Waals surface area (Å²) in [5, 5.41) is -0.0700. The number of alkyl halides is 3. The molecule has 1 rings (SSSR count). The maximum Gasteiger partial charge on any atom is 0.315 e. The maximum atomic E-state index is 12.4. The van der Waals surface area contributed by atoms with Crippen molar-refractivity contribution < 1.29 is 26.8 Å². The van der Waals surface area contributed by atoms with E-state index in [1.807, 2.05) is 0 Å². The van der Waals surface area contributed by atoms with Gasteiger partial charge in [-0.2, -0.15) is 8.78 Å². The van der Waals surface area contributed by atoms with Crippen molar-refractivity contribution in [1.29, 1.82) is 0 Å². The van der Waals surface area contributed by atoms with Crippen molar-refractivity contribution in [2.45, 2.75) is 18.9 Å². The van der Waals surface area contributed by atoms with Crippen LogP contribution in [0.3, 0.4) is 0 Å². The number of ketones is 1. The molecule has 0 aromatic carbocycles. The molecule has 0 aliphatic carbocycles. The van der Waals surface area contributed by atoms with E-state index >= 15 is 0 Å². The summed E-state index contributed by atoms with van der Waals surface area (Å²) in [6.45, 7) is -0.491. The second-order valence-electron chi connectivity index (χ2n) is 4.00. The highest BCUT2D eigenvalue weighted by molar-refractivity contribution is 9.09. The Morgan fingerprint density at radius 1 is 1.39 bits per heavy atom. The number of carbonyl (C=O) groups excluding carboxylic acids is 2. The first-order valence-corrected chi connectivity index (χ1v) is 8.08. The van der Waals surface area contributed by atoms with E-state index in [1.165, 1.54) is 0 Å². The smallest absolute Gasteiger partial charge is 0.315 e. The standard InChI is InChI=1S/C9H12BrF2NO4S/c10-3-7(14)4-13(9(15)8(11)12)6-1-2-18(16,17)5-6/h6,8H,1-5H2. The lowest BCUT2D eigenvalue weighted by atomic mass is 10.2. The van der Waals surface area contributed by atoms with Crippen LogP contribution in [0.5, 0.6) is 0 Å². The summed E-state index contributed by atoms with van der Waals surface area (Å²) in [5.41, 5.74) is 0. The highest BCUT2D eigenvalue weighted by atomic mass is 79.9. The predicted molar refractivity (Wildman–Crippen MR) is 63.6 cm³/mol. The van der Waals surface area contributed by atoms with Gasteiger partial charge >= 0.3 is 6.43 Å². The molecule has 0 aromatic heterocycles. The topological polar surface area (TPSA) is 71.5 Å². The highest BCUT2D eigenvalue weighted by Gasteiger charge is 2.37. The van der Waals surface area contributed by atoms with Crippen LogP contribution in [0, 0.1) is 0 Å². The van der Waals surface area contributed by atoms with Crippen molar-refractivity contribution in [3.05, 3.63) is 0 Å². The molecule has 0 bridgehead atoms. The highest BCUT2D eigenvalue weighted by Crippen LogP contribution is 2.19. The van der Waals surface area contributed by atoms with Crippen LogP contribution >= 0.6 is 15.9 Å². The summed E-state index contributed by atoms with van der Waals surface area (Å²) in [6.07, 6.45) is -3.15. The zero-order chi connectivity index (χ0) is 13.9. The van der Waals surface area contributed by atoms with Crippen molar-refractivity contribution >= 4 is 37.5 Å². The first kappa shape index (κ1) is 15.5. The third-order valence-corrected chi connectivity index (χ3v) is 4.99. The fraction of sp³-hybridized carbons (Fsp3) is 0.778. The van der Waals surface area contributed by atoms with E-state index in [1.54, 1.807) is 0 Å². The number of sulfone groups is 1. The lowest BCUT2D eigenvalue weighted by Gasteiger charge is -2.26. The molecule has 104 valence electrons. The van der Waals surface area contributed by atoms with Gasteiger partial charge in [-0.05, 0) is 6.42 Å². The molecule has 0 radical (unpaired) electrons. The Balaban J connectivity index is 2.84. The van der Waals surface area contributed by atoms with Crippen LogP contribution in [0.4, 0.5) is 8.78 Å². The summed E-state index contributed by atoms with van der Waals surface area (Å²) < 4.78 is 47.4. The number of hydrogen-bond donors (Lipinski definition) is 0. The van der Waals surface area contributed by atoms with E-state index in [2.05, 4.69) is 15.9 Å². The lowest BCUT2D eigenvalue weighted by Crippen LogP contribution is -2.47. The first-order chi connectivity index (χ1) is 8.26. The van der Waals surface area contributed by atoms with Crippen LogP contribution in [0.25, 0.3) is 0 Å². The Morgan fingerprint density at radius 3 is 2.39 bits per heavy atom. The number of hydrogen-bond acceptors (Lipinski definition) is 4. The Kier molecular flexibility index (Phi) is 5.20. The maximum absolute atomic E-state index is 12.4. The van der Waals surface area contributed by atoms with Gasteiger partial charge in [0, 0.05) is 6.04 Å². The number of rotatable bonds is 5. The van der Waals surface area contributed by atoms with E-state index < -0.39 is 40.5 Å². The van der Waals surface area contributed by atoms with Gasteiger partial charge < -0.3 is 4.90 Å². The van der Waals surface area contributed by atoms with Gasteiger partial charge in [0.05, 0.1) is 23.4 Å². The molecule has 0 aromatic rings. The lowest BCUT2D eigenvalue weighted by molar-refractivity contribution is -0.146. The van der Waals surface area contributed by atoms with Gasteiger partial charge in [-0.3, -0.25) is 9.59 Å². The van der Waals surface area contributed by atoms with Gasteiger partial charge in [0.25, 0.3) is 5.91 Å². The van der Waals surface area contributed by atoms with Crippen molar-refractivity contribution in [3.8, 4) is 0 Å². The molecule has 1 aliphatic rings. The number of carbonyl (C=O) groups is 2. The minimum Gasteiger partial charge on any atom is -0.326 e. The zero-order valence-corrected chi connectivity index (χ0v) is 11.7. The van der Waals surface area contributed by atoms with Crippen molar-refractivity contribution in [2.75, 3.05) is 23.4 Å². The summed E-state index contributed by atoms with van der Waals surface area (Å²) in [7, 11) is -3.30. The van der Waals surface area contributed by atoms with Crippen LogP contribution in [0.2, 0.25) is 0 Å². The minimum atomic E-state index is -3.30. The van der Waals surface area contributed by atoms with E-state index in [-0.39, 0.29) is 23.3 Å². The van der Waals surface area contributed by atoms with E-state index in [4.69, 9.17) is 0 Å². The van der Waals surface area contributed by atoms with Gasteiger partial charge in [-0.1, -0.05) is 15.9 Å². The monoisotopic (exact) mass is 347 g/mol. The Hall–Kier alpha value is -0.570. The van der Waals surface area contributed by atoms with Gasteiger partial charge in [0.2, 0.25) is 0 Å². The molecular formula is C9H12BrF2NO4S. The van der Waals surface area contributed by atoms with Crippen LogP contribution in [0.15, 0.2) is 0 Å². The molecule has 5 nitrogen and oxygen atoms in total. The molecular weight excluding hydrogens is 336 g/mol. The normalized spacial score (nSPS) is 22.1. The second kappa shape index (κ2) is 6.05. The largest absolute Gasteiger partial charge is 0.326 e. The van der Waals surface area contributed by atoms with Crippen LogP contribution in [-0.4, -0.2) is 60.9 Å². The molecule has 1 heterocycles. The summed E-state index contributed by atoms with van der Waals surface area (Å²) in [4.78, 5) is 23.2. The first-order valence-electron chi connectivity index (χ1n) is 5.13. The van der Waals surface area contributed by atoms with Gasteiger partial charge in [-0.15, -0.1) is 0 Å². The number of nitrogens with zero attached hydrogens (tertiary/aromatic N) is 1. The summed E-state index contributed by atoms with van der Waals surface area (Å²) >= 11 is 2.87. The van der Waals surface area contributed by atoms with E-state index in [0.717, 1.165) is 0 Å². The quantitative estimate of drug-likeness (QED) is 0.667. The Labute approximate surface area is 112 Å². The number of Topliss-reactive ketones (excluding diaryl/α,β-unsaturated/α-hetero) is 1. The average Bonchev–Trinajstić information content (AvgIpc) is 2.64. The third kappa shape index (κ3) is 3.98. The van der Waals surface area contributed by atoms with Crippen LogP contribution in [-0.2, 0) is 19.4 Å². The number of halogens is 3. The third-order valence-electron chi connectivity index (χ3n) is 2.61. The zero-order valence-electron chi connectivity index (χ0n) is 9.31. The molecule has 0 N–H and O–H groups in total. The van der Waals surface area contributed by atoms with Crippen molar-refractivity contribution in [3.63, 3.8) is 0 Å². The second-order valence-corrected chi connectivity index (χ2v) is 6.79. The molecule has 1 amide bonds. The fourth-order valence-electron chi connectivity index (χ4n) is 1.77. The molecule has 1 atom stereocenters. The fourth-order valence-corrected chi connectivity index (χ4v) is 3.67. The average molecular weight is 348 g/mol. The van der Waals surface area contributed by atoms with Crippen molar-refractivity contribution in [1.82, 2.24) is 4.90 Å². The van der Waals surface area contributed by atoms with Crippen LogP contribution < -0.4 is 0 Å². The van der Waals surface area contributed by atoms with Crippen molar-refractivity contribution in [2.24, 2.45) is 0 Å². The molecule has 1 unspecified atom stereocenters.